The standard InChI is InChI=1S/C10H15NO/c12-10(11-9-1-2-9)8-4-6-3-7(6)5-8/h6-9H,1-5H2,(H,11,12). The Labute approximate surface area is 72.7 Å². The van der Waals surface area contributed by atoms with Crippen LogP contribution in [0, 0.1) is 17.8 Å². The Balaban J connectivity index is 1.54. The summed E-state index contributed by atoms with van der Waals surface area (Å²) < 4.78 is 0. The van der Waals surface area contributed by atoms with Crippen LogP contribution in [0.3, 0.4) is 0 Å². The molecule has 3 aliphatic rings. The van der Waals surface area contributed by atoms with Crippen LogP contribution in [0.2, 0.25) is 0 Å². The second-order valence-electron chi connectivity index (χ2n) is 4.71. The molecule has 0 heterocycles. The fourth-order valence-electron chi connectivity index (χ4n) is 2.48. The molecule has 2 atom stereocenters. The molecule has 1 amide bonds. The van der Waals surface area contributed by atoms with E-state index >= 15 is 0 Å². The fourth-order valence-corrected chi connectivity index (χ4v) is 2.48. The van der Waals surface area contributed by atoms with Crippen LogP contribution in [0.25, 0.3) is 0 Å². The van der Waals surface area contributed by atoms with Crippen molar-refractivity contribution < 1.29 is 4.79 Å². The van der Waals surface area contributed by atoms with Crippen molar-refractivity contribution in [3.63, 3.8) is 0 Å². The minimum Gasteiger partial charge on any atom is -0.353 e. The monoisotopic (exact) mass is 165 g/mol. The summed E-state index contributed by atoms with van der Waals surface area (Å²) in [5, 5.41) is 3.10. The topological polar surface area (TPSA) is 29.1 Å². The second-order valence-corrected chi connectivity index (χ2v) is 4.71. The van der Waals surface area contributed by atoms with Gasteiger partial charge in [-0.2, -0.15) is 0 Å². The minimum atomic E-state index is 0.352. The molecule has 3 rings (SSSR count). The van der Waals surface area contributed by atoms with E-state index in [0.717, 1.165) is 11.8 Å². The van der Waals surface area contributed by atoms with Gasteiger partial charge in [-0.15, -0.1) is 0 Å². The van der Waals surface area contributed by atoms with Gasteiger partial charge in [0.05, 0.1) is 0 Å². The smallest absolute Gasteiger partial charge is 0.223 e. The third-order valence-corrected chi connectivity index (χ3v) is 3.54. The highest BCUT2D eigenvalue weighted by Crippen LogP contribution is 2.54. The van der Waals surface area contributed by atoms with Crippen molar-refractivity contribution in [3.05, 3.63) is 0 Å². The van der Waals surface area contributed by atoms with Crippen LogP contribution < -0.4 is 5.32 Å². The molecule has 0 radical (unpaired) electrons. The molecule has 0 aromatic carbocycles. The van der Waals surface area contributed by atoms with Crippen LogP contribution in [0.4, 0.5) is 0 Å². The lowest BCUT2D eigenvalue weighted by molar-refractivity contribution is -0.125. The van der Waals surface area contributed by atoms with E-state index in [1.165, 1.54) is 32.1 Å². The normalized spacial score (nSPS) is 43.8. The number of nitrogens with one attached hydrogen (secondary N) is 1. The number of hydrogen-bond donors (Lipinski definition) is 1. The number of rotatable bonds is 2. The average molecular weight is 165 g/mol. The first-order valence-electron chi connectivity index (χ1n) is 5.13. The van der Waals surface area contributed by atoms with Gasteiger partial charge in [0.2, 0.25) is 5.91 Å². The third-order valence-electron chi connectivity index (χ3n) is 3.54. The highest BCUT2D eigenvalue weighted by atomic mass is 16.2. The van der Waals surface area contributed by atoms with Gasteiger partial charge < -0.3 is 5.32 Å². The summed E-state index contributed by atoms with van der Waals surface area (Å²) in [4.78, 5) is 11.6. The molecular weight excluding hydrogens is 150 g/mol. The van der Waals surface area contributed by atoms with Gasteiger partial charge in [-0.05, 0) is 43.9 Å². The fraction of sp³-hybridized carbons (Fsp3) is 0.900. The molecule has 12 heavy (non-hydrogen) atoms. The first-order valence-corrected chi connectivity index (χ1v) is 5.13. The lowest BCUT2D eigenvalue weighted by Gasteiger charge is -2.10. The number of amides is 1. The molecule has 0 aromatic rings. The van der Waals surface area contributed by atoms with E-state index in [1.807, 2.05) is 0 Å². The van der Waals surface area contributed by atoms with E-state index in [2.05, 4.69) is 5.32 Å². The molecule has 2 nitrogen and oxygen atoms in total. The molecule has 0 aromatic heterocycles. The number of fused-ring (bicyclic) bond motifs is 1. The lowest BCUT2D eigenvalue weighted by Crippen LogP contribution is -2.31. The molecule has 2 unspecified atom stereocenters. The van der Waals surface area contributed by atoms with E-state index in [-0.39, 0.29) is 0 Å². The van der Waals surface area contributed by atoms with Crippen LogP contribution in [-0.4, -0.2) is 11.9 Å². The minimum absolute atomic E-state index is 0.352. The van der Waals surface area contributed by atoms with Gasteiger partial charge in [0, 0.05) is 12.0 Å². The molecule has 3 fully saturated rings. The summed E-state index contributed by atoms with van der Waals surface area (Å²) >= 11 is 0. The number of hydrogen-bond acceptors (Lipinski definition) is 1. The summed E-state index contributed by atoms with van der Waals surface area (Å²) in [6, 6.07) is 0.550. The summed E-state index contributed by atoms with van der Waals surface area (Å²) in [5.41, 5.74) is 0. The predicted octanol–water partition coefficient (Wildman–Crippen LogP) is 1.31. The van der Waals surface area contributed by atoms with Gasteiger partial charge in [0.15, 0.2) is 0 Å². The first kappa shape index (κ1) is 6.93. The van der Waals surface area contributed by atoms with Crippen LogP contribution in [0.1, 0.15) is 32.1 Å². The summed E-state index contributed by atoms with van der Waals surface area (Å²) in [5.74, 6) is 2.60. The van der Waals surface area contributed by atoms with E-state index in [1.54, 1.807) is 0 Å². The maximum atomic E-state index is 11.6. The maximum Gasteiger partial charge on any atom is 0.223 e. The van der Waals surface area contributed by atoms with Gasteiger partial charge in [-0.1, -0.05) is 0 Å². The van der Waals surface area contributed by atoms with Gasteiger partial charge in [0.1, 0.15) is 0 Å². The van der Waals surface area contributed by atoms with Crippen LogP contribution in [-0.2, 0) is 4.79 Å². The van der Waals surface area contributed by atoms with Crippen LogP contribution >= 0.6 is 0 Å². The number of carbonyl (C=O) groups excluding carboxylic acids is 1. The second kappa shape index (κ2) is 2.24. The van der Waals surface area contributed by atoms with Gasteiger partial charge in [-0.25, -0.2) is 0 Å². The largest absolute Gasteiger partial charge is 0.353 e. The Morgan fingerprint density at radius 2 is 1.75 bits per heavy atom. The molecule has 0 bridgehead atoms. The quantitative estimate of drug-likeness (QED) is 0.656. The first-order chi connectivity index (χ1) is 5.83. The van der Waals surface area contributed by atoms with Gasteiger partial charge >= 0.3 is 0 Å². The predicted molar refractivity (Wildman–Crippen MR) is 45.5 cm³/mol. The van der Waals surface area contributed by atoms with E-state index < -0.39 is 0 Å². The zero-order valence-corrected chi connectivity index (χ0v) is 7.25. The molecule has 66 valence electrons. The van der Waals surface area contributed by atoms with Crippen molar-refractivity contribution in [1.29, 1.82) is 0 Å². The molecule has 3 saturated carbocycles. The number of carbonyl (C=O) groups is 1. The van der Waals surface area contributed by atoms with Crippen molar-refractivity contribution in [2.45, 2.75) is 38.1 Å². The third kappa shape index (κ3) is 1.13. The SMILES string of the molecule is O=C(NC1CC1)C1CC2CC2C1. The summed E-state index contributed by atoms with van der Waals surface area (Å²) in [6.07, 6.45) is 6.20. The highest BCUT2D eigenvalue weighted by Gasteiger charge is 2.48. The van der Waals surface area contributed by atoms with E-state index in [9.17, 15) is 4.79 Å². The van der Waals surface area contributed by atoms with E-state index in [4.69, 9.17) is 0 Å². The Hall–Kier alpha value is -0.530. The average Bonchev–Trinajstić information content (AvgIpc) is 2.95. The maximum absolute atomic E-state index is 11.6. The van der Waals surface area contributed by atoms with Gasteiger partial charge in [0.25, 0.3) is 0 Å². The zero-order valence-electron chi connectivity index (χ0n) is 7.25. The Morgan fingerprint density at radius 3 is 2.33 bits per heavy atom. The Bertz CT molecular complexity index is 212. The van der Waals surface area contributed by atoms with E-state index in [0.29, 0.717) is 17.9 Å². The Morgan fingerprint density at radius 1 is 1.08 bits per heavy atom. The van der Waals surface area contributed by atoms with Crippen LogP contribution in [0.5, 0.6) is 0 Å². The molecule has 2 heteroatoms. The van der Waals surface area contributed by atoms with Crippen molar-refractivity contribution in [2.75, 3.05) is 0 Å². The zero-order chi connectivity index (χ0) is 8.13. The molecule has 1 N–H and O–H groups in total. The summed E-state index contributed by atoms with van der Waals surface area (Å²) in [6.45, 7) is 0. The van der Waals surface area contributed by atoms with Crippen molar-refractivity contribution >= 4 is 5.91 Å². The lowest BCUT2D eigenvalue weighted by atomic mass is 10.0. The van der Waals surface area contributed by atoms with Crippen molar-refractivity contribution in [1.82, 2.24) is 5.32 Å². The van der Waals surface area contributed by atoms with Crippen LogP contribution in [0.15, 0.2) is 0 Å². The molecule has 0 spiro atoms. The highest BCUT2D eigenvalue weighted by molar-refractivity contribution is 5.79. The molecule has 0 aliphatic heterocycles. The summed E-state index contributed by atoms with van der Waals surface area (Å²) in [7, 11) is 0. The Kier molecular flexibility index (Phi) is 1.29. The molecule has 0 saturated heterocycles. The molecular formula is C10H15NO. The van der Waals surface area contributed by atoms with Crippen molar-refractivity contribution in [3.8, 4) is 0 Å². The van der Waals surface area contributed by atoms with Gasteiger partial charge in [-0.3, -0.25) is 4.79 Å². The van der Waals surface area contributed by atoms with Crippen molar-refractivity contribution in [2.24, 2.45) is 17.8 Å². The molecule has 3 aliphatic carbocycles.